The largest absolute Gasteiger partial charge is 0.461 e. The van der Waals surface area contributed by atoms with Crippen molar-refractivity contribution in [2.75, 3.05) is 6.61 Å². The molecule has 1 N–H and O–H groups in total. The van der Waals surface area contributed by atoms with Crippen molar-refractivity contribution >= 4 is 29.4 Å². The van der Waals surface area contributed by atoms with E-state index in [1.165, 1.54) is 0 Å². The first-order valence-corrected chi connectivity index (χ1v) is 8.29. The highest BCUT2D eigenvalue weighted by Crippen LogP contribution is 2.31. The molecule has 0 amide bonds. The van der Waals surface area contributed by atoms with Crippen molar-refractivity contribution in [3.8, 4) is 0 Å². The number of hydrogen-bond donors (Lipinski definition) is 1. The Morgan fingerprint density at radius 3 is 2.79 bits per heavy atom. The zero-order valence-corrected chi connectivity index (χ0v) is 14.4. The molecule has 0 spiro atoms. The first-order valence-electron chi connectivity index (χ1n) is 7.91. The first kappa shape index (κ1) is 16.5. The molecule has 3 rings (SSSR count). The van der Waals surface area contributed by atoms with Crippen LogP contribution >= 0.6 is 11.6 Å². The van der Waals surface area contributed by atoms with E-state index in [1.807, 2.05) is 24.3 Å². The highest BCUT2D eigenvalue weighted by molar-refractivity contribution is 6.32. The number of ether oxygens (including phenoxy) is 1. The average Bonchev–Trinajstić information content (AvgIpc) is 2.90. The zero-order valence-electron chi connectivity index (χ0n) is 13.6. The van der Waals surface area contributed by atoms with E-state index in [1.54, 1.807) is 19.9 Å². The lowest BCUT2D eigenvalue weighted by Crippen LogP contribution is -2.14. The summed E-state index contributed by atoms with van der Waals surface area (Å²) in [6.45, 7) is 3.83. The Kier molecular flexibility index (Phi) is 4.58. The van der Waals surface area contributed by atoms with Gasteiger partial charge < -0.3 is 9.72 Å². The molecule has 1 aliphatic rings. The number of carbonyl (C=O) groups is 2. The number of ketones is 1. The maximum atomic E-state index is 12.9. The lowest BCUT2D eigenvalue weighted by molar-refractivity contribution is 0.0519. The minimum atomic E-state index is -0.422. The summed E-state index contributed by atoms with van der Waals surface area (Å²) in [5.41, 5.74) is 3.93. The van der Waals surface area contributed by atoms with Crippen LogP contribution < -0.4 is 0 Å². The molecule has 1 aromatic carbocycles. The van der Waals surface area contributed by atoms with Gasteiger partial charge in [0.1, 0.15) is 5.69 Å². The van der Waals surface area contributed by atoms with Gasteiger partial charge in [-0.1, -0.05) is 29.8 Å². The number of aromatic amines is 1. The van der Waals surface area contributed by atoms with E-state index in [0.29, 0.717) is 46.9 Å². The second kappa shape index (κ2) is 6.65. The van der Waals surface area contributed by atoms with Crippen molar-refractivity contribution in [2.24, 2.45) is 0 Å². The van der Waals surface area contributed by atoms with Gasteiger partial charge in [0.05, 0.1) is 6.61 Å². The van der Waals surface area contributed by atoms with Crippen LogP contribution in [0.15, 0.2) is 29.8 Å². The number of H-pyrrole nitrogens is 1. The third kappa shape index (κ3) is 2.89. The number of esters is 1. The minimum Gasteiger partial charge on any atom is -0.461 e. The second-order valence-electron chi connectivity index (χ2n) is 5.72. The summed E-state index contributed by atoms with van der Waals surface area (Å²) in [4.78, 5) is 27.9. The number of rotatable bonds is 3. The Morgan fingerprint density at radius 1 is 1.33 bits per heavy atom. The fourth-order valence-corrected chi connectivity index (χ4v) is 3.20. The van der Waals surface area contributed by atoms with Gasteiger partial charge in [-0.3, -0.25) is 4.79 Å². The fraction of sp³-hybridized carbons (Fsp3) is 0.263. The predicted octanol–water partition coefficient (Wildman–Crippen LogP) is 4.37. The third-order valence-corrected chi connectivity index (χ3v) is 4.55. The van der Waals surface area contributed by atoms with Crippen molar-refractivity contribution < 1.29 is 14.3 Å². The summed E-state index contributed by atoms with van der Waals surface area (Å²) in [6, 6.07) is 7.42. The van der Waals surface area contributed by atoms with Crippen molar-refractivity contribution in [2.45, 2.75) is 26.7 Å². The summed E-state index contributed by atoms with van der Waals surface area (Å²) >= 11 is 6.18. The Balaban J connectivity index is 1.99. The number of fused-ring (bicyclic) bond motifs is 1. The van der Waals surface area contributed by atoms with Gasteiger partial charge in [0.15, 0.2) is 5.78 Å². The smallest absolute Gasteiger partial charge is 0.355 e. The molecule has 0 radical (unpaired) electrons. The Hall–Kier alpha value is -2.33. The number of aryl methyl sites for hydroxylation is 1. The molecule has 0 unspecified atom stereocenters. The molecule has 5 heteroatoms. The molecular weight excluding hydrogens is 326 g/mol. The quantitative estimate of drug-likeness (QED) is 0.665. The van der Waals surface area contributed by atoms with Crippen LogP contribution in [0.1, 0.15) is 51.0 Å². The normalized spacial score (nSPS) is 15.5. The Bertz CT molecular complexity index is 848. The SMILES string of the molecule is CCOC(=O)c1[nH]c2c(c1C)C(=O)C(=Cc1ccccc1Cl)CC2. The summed E-state index contributed by atoms with van der Waals surface area (Å²) < 4.78 is 5.05. The van der Waals surface area contributed by atoms with Gasteiger partial charge in [0.25, 0.3) is 0 Å². The number of halogens is 1. The van der Waals surface area contributed by atoms with Crippen LogP contribution in [0.2, 0.25) is 5.02 Å². The highest BCUT2D eigenvalue weighted by Gasteiger charge is 2.29. The number of carbonyl (C=O) groups excluding carboxylic acids is 2. The lowest BCUT2D eigenvalue weighted by atomic mass is 9.88. The zero-order chi connectivity index (χ0) is 17.3. The second-order valence-corrected chi connectivity index (χ2v) is 6.13. The number of hydrogen-bond acceptors (Lipinski definition) is 3. The van der Waals surface area contributed by atoms with E-state index < -0.39 is 5.97 Å². The first-order chi connectivity index (χ1) is 11.5. The van der Waals surface area contributed by atoms with Crippen molar-refractivity contribution in [3.05, 3.63) is 62.9 Å². The summed E-state index contributed by atoms with van der Waals surface area (Å²) in [5, 5.41) is 0.613. The third-order valence-electron chi connectivity index (χ3n) is 4.21. The van der Waals surface area contributed by atoms with Crippen LogP contribution in [0.5, 0.6) is 0 Å². The van der Waals surface area contributed by atoms with Crippen LogP contribution in [0.3, 0.4) is 0 Å². The van der Waals surface area contributed by atoms with Gasteiger partial charge in [-0.05, 0) is 50.0 Å². The van der Waals surface area contributed by atoms with Crippen molar-refractivity contribution in [1.29, 1.82) is 0 Å². The van der Waals surface area contributed by atoms with Gasteiger partial charge in [0, 0.05) is 21.9 Å². The monoisotopic (exact) mass is 343 g/mol. The molecule has 1 heterocycles. The average molecular weight is 344 g/mol. The predicted molar refractivity (Wildman–Crippen MR) is 93.6 cm³/mol. The Morgan fingerprint density at radius 2 is 2.08 bits per heavy atom. The molecule has 24 heavy (non-hydrogen) atoms. The molecular formula is C19H18ClNO3. The summed E-state index contributed by atoms with van der Waals surface area (Å²) in [7, 11) is 0. The maximum absolute atomic E-state index is 12.9. The molecule has 1 aromatic heterocycles. The van der Waals surface area contributed by atoms with Crippen molar-refractivity contribution in [1.82, 2.24) is 4.98 Å². The maximum Gasteiger partial charge on any atom is 0.355 e. The molecule has 4 nitrogen and oxygen atoms in total. The summed E-state index contributed by atoms with van der Waals surface area (Å²) in [6.07, 6.45) is 3.13. The van der Waals surface area contributed by atoms with Crippen LogP contribution in [0, 0.1) is 6.92 Å². The Labute approximate surface area is 145 Å². The molecule has 0 fully saturated rings. The fourth-order valence-electron chi connectivity index (χ4n) is 3.01. The highest BCUT2D eigenvalue weighted by atomic mass is 35.5. The van der Waals surface area contributed by atoms with Gasteiger partial charge in [-0.2, -0.15) is 0 Å². The van der Waals surface area contributed by atoms with Crippen LogP contribution in [0.25, 0.3) is 6.08 Å². The van der Waals surface area contributed by atoms with Crippen LogP contribution in [-0.4, -0.2) is 23.3 Å². The van der Waals surface area contributed by atoms with Gasteiger partial charge in [-0.15, -0.1) is 0 Å². The number of aromatic nitrogens is 1. The van der Waals surface area contributed by atoms with Gasteiger partial charge in [-0.25, -0.2) is 4.79 Å². The molecule has 1 aliphatic carbocycles. The van der Waals surface area contributed by atoms with E-state index in [2.05, 4.69) is 4.98 Å². The van der Waals surface area contributed by atoms with Gasteiger partial charge >= 0.3 is 5.97 Å². The van der Waals surface area contributed by atoms with E-state index in [9.17, 15) is 9.59 Å². The number of benzene rings is 1. The number of nitrogens with one attached hydrogen (secondary N) is 1. The van der Waals surface area contributed by atoms with E-state index in [-0.39, 0.29) is 5.78 Å². The van der Waals surface area contributed by atoms with Crippen molar-refractivity contribution in [3.63, 3.8) is 0 Å². The minimum absolute atomic E-state index is 0.0551. The molecule has 124 valence electrons. The van der Waals surface area contributed by atoms with Crippen LogP contribution in [-0.2, 0) is 11.2 Å². The number of allylic oxidation sites excluding steroid dienone is 1. The molecule has 0 bridgehead atoms. The standard InChI is InChI=1S/C19H18ClNO3/c1-3-24-19(23)17-11(2)16-15(21-17)9-8-13(18(16)22)10-12-6-4-5-7-14(12)20/h4-7,10,21H,3,8-9H2,1-2H3. The molecule has 0 saturated heterocycles. The van der Waals surface area contributed by atoms with E-state index in [4.69, 9.17) is 16.3 Å². The van der Waals surface area contributed by atoms with Gasteiger partial charge in [0.2, 0.25) is 0 Å². The van der Waals surface area contributed by atoms with E-state index >= 15 is 0 Å². The molecule has 0 atom stereocenters. The molecule has 0 aliphatic heterocycles. The molecule has 0 saturated carbocycles. The topological polar surface area (TPSA) is 59.2 Å². The summed E-state index contributed by atoms with van der Waals surface area (Å²) in [5.74, 6) is -0.477. The molecule has 2 aromatic rings. The van der Waals surface area contributed by atoms with E-state index in [0.717, 1.165) is 11.3 Å². The van der Waals surface area contributed by atoms with Crippen LogP contribution in [0.4, 0.5) is 0 Å². The lowest BCUT2D eigenvalue weighted by Gasteiger charge is -2.15. The number of Topliss-reactive ketones (excluding diaryl/α,β-unsaturated/α-hetero) is 1.